The van der Waals surface area contributed by atoms with Crippen molar-refractivity contribution in [2.75, 3.05) is 7.11 Å². The van der Waals surface area contributed by atoms with Crippen molar-refractivity contribution < 1.29 is 9.53 Å². The molecule has 0 aliphatic heterocycles. The van der Waals surface area contributed by atoms with Crippen LogP contribution in [-0.4, -0.2) is 13.1 Å². The normalized spacial score (nSPS) is 14.8. The number of benzene rings is 1. The van der Waals surface area contributed by atoms with Gasteiger partial charge in [-0.25, -0.2) is 0 Å². The number of carbonyl (C=O) groups excluding carboxylic acids is 1. The molecule has 1 saturated carbocycles. The lowest BCUT2D eigenvalue weighted by Crippen LogP contribution is -2.09. The fraction of sp³-hybridized carbons (Fsp3) is 0.533. The molecule has 0 heterocycles. The van der Waals surface area contributed by atoms with E-state index in [2.05, 4.69) is 26.0 Å². The topological polar surface area (TPSA) is 26.3 Å². The summed E-state index contributed by atoms with van der Waals surface area (Å²) in [7, 11) is 1.45. The highest BCUT2D eigenvalue weighted by Crippen LogP contribution is 2.41. The van der Waals surface area contributed by atoms with Gasteiger partial charge in [0.1, 0.15) is 0 Å². The second-order valence-corrected chi connectivity index (χ2v) is 4.86. The van der Waals surface area contributed by atoms with Crippen LogP contribution < -0.4 is 0 Å². The third-order valence-electron chi connectivity index (χ3n) is 3.57. The number of aryl methyl sites for hydroxylation is 2. The molecule has 2 heteroatoms. The van der Waals surface area contributed by atoms with Gasteiger partial charge < -0.3 is 4.74 Å². The molecule has 2 nitrogen and oxygen atoms in total. The van der Waals surface area contributed by atoms with E-state index in [1.165, 1.54) is 36.6 Å². The van der Waals surface area contributed by atoms with Crippen LogP contribution in [0.25, 0.3) is 0 Å². The van der Waals surface area contributed by atoms with Gasteiger partial charge in [-0.05, 0) is 54.4 Å². The van der Waals surface area contributed by atoms with Gasteiger partial charge in [-0.2, -0.15) is 0 Å². The summed E-state index contributed by atoms with van der Waals surface area (Å²) in [5, 5.41) is 0. The van der Waals surface area contributed by atoms with Crippen molar-refractivity contribution in [1.29, 1.82) is 0 Å². The fourth-order valence-electron chi connectivity index (χ4n) is 2.36. The molecular formula is C15H20O2. The third-order valence-corrected chi connectivity index (χ3v) is 3.57. The maximum Gasteiger partial charge on any atom is 0.309 e. The smallest absolute Gasteiger partial charge is 0.309 e. The van der Waals surface area contributed by atoms with Crippen molar-refractivity contribution >= 4 is 5.97 Å². The van der Waals surface area contributed by atoms with Crippen LogP contribution in [0.5, 0.6) is 0 Å². The van der Waals surface area contributed by atoms with Crippen molar-refractivity contribution in [3.8, 4) is 0 Å². The SMILES string of the molecule is CCc1cc(C2CC2)cc(C)c1CC(=O)OC. The van der Waals surface area contributed by atoms with E-state index in [1.54, 1.807) is 0 Å². The van der Waals surface area contributed by atoms with Gasteiger partial charge in [-0.15, -0.1) is 0 Å². The Morgan fingerprint density at radius 3 is 2.65 bits per heavy atom. The zero-order valence-corrected chi connectivity index (χ0v) is 10.9. The summed E-state index contributed by atoms with van der Waals surface area (Å²) in [5.74, 6) is 0.619. The lowest BCUT2D eigenvalue weighted by molar-refractivity contribution is -0.139. The highest BCUT2D eigenvalue weighted by Gasteiger charge is 2.25. The highest BCUT2D eigenvalue weighted by molar-refractivity contribution is 5.73. The fourth-order valence-corrected chi connectivity index (χ4v) is 2.36. The molecule has 1 aromatic carbocycles. The molecule has 1 fully saturated rings. The maximum atomic E-state index is 11.4. The third kappa shape index (κ3) is 2.68. The van der Waals surface area contributed by atoms with E-state index in [-0.39, 0.29) is 5.97 Å². The van der Waals surface area contributed by atoms with Crippen molar-refractivity contribution in [2.24, 2.45) is 0 Å². The zero-order chi connectivity index (χ0) is 12.4. The number of carbonyl (C=O) groups is 1. The van der Waals surface area contributed by atoms with Crippen molar-refractivity contribution in [2.45, 2.75) is 45.4 Å². The first-order chi connectivity index (χ1) is 8.15. The molecule has 0 unspecified atom stereocenters. The first-order valence-corrected chi connectivity index (χ1v) is 6.34. The van der Waals surface area contributed by atoms with Gasteiger partial charge in [0.25, 0.3) is 0 Å². The average Bonchev–Trinajstić information content (AvgIpc) is 3.15. The monoisotopic (exact) mass is 232 g/mol. The molecule has 0 amide bonds. The predicted molar refractivity (Wildman–Crippen MR) is 68.3 cm³/mol. The summed E-state index contributed by atoms with van der Waals surface area (Å²) >= 11 is 0. The standard InChI is InChI=1S/C15H20O2/c1-4-11-8-13(12-5-6-12)7-10(2)14(11)9-15(16)17-3/h7-8,12H,4-6,9H2,1-3H3. The molecule has 1 aromatic rings. The van der Waals surface area contributed by atoms with E-state index in [1.807, 2.05) is 0 Å². The summed E-state index contributed by atoms with van der Waals surface area (Å²) in [6.45, 7) is 4.25. The van der Waals surface area contributed by atoms with Crippen molar-refractivity contribution in [3.05, 3.63) is 34.4 Å². The largest absolute Gasteiger partial charge is 0.469 e. The number of hydrogen-bond donors (Lipinski definition) is 0. The van der Waals surface area contributed by atoms with E-state index < -0.39 is 0 Å². The van der Waals surface area contributed by atoms with E-state index >= 15 is 0 Å². The molecule has 17 heavy (non-hydrogen) atoms. The number of methoxy groups -OCH3 is 1. The van der Waals surface area contributed by atoms with Gasteiger partial charge in [0, 0.05) is 0 Å². The number of rotatable bonds is 4. The maximum absolute atomic E-state index is 11.4. The second kappa shape index (κ2) is 4.91. The summed E-state index contributed by atoms with van der Waals surface area (Å²) in [6, 6.07) is 4.53. The van der Waals surface area contributed by atoms with Crippen LogP contribution in [0.2, 0.25) is 0 Å². The molecule has 0 atom stereocenters. The number of ether oxygens (including phenoxy) is 1. The molecule has 0 spiro atoms. The molecule has 0 bridgehead atoms. The Balaban J connectivity index is 2.32. The van der Waals surface area contributed by atoms with Crippen LogP contribution >= 0.6 is 0 Å². The lowest BCUT2D eigenvalue weighted by atomic mass is 9.93. The zero-order valence-electron chi connectivity index (χ0n) is 10.9. The summed E-state index contributed by atoms with van der Waals surface area (Å²) in [6.07, 6.45) is 4.02. The van der Waals surface area contributed by atoms with Crippen molar-refractivity contribution in [3.63, 3.8) is 0 Å². The average molecular weight is 232 g/mol. The first kappa shape index (κ1) is 12.2. The van der Waals surface area contributed by atoms with E-state index in [4.69, 9.17) is 4.74 Å². The molecule has 1 aliphatic rings. The molecule has 0 saturated heterocycles. The molecule has 92 valence electrons. The van der Waals surface area contributed by atoms with Crippen LogP contribution in [0, 0.1) is 6.92 Å². The Labute approximate surface area is 103 Å². The number of hydrogen-bond acceptors (Lipinski definition) is 2. The van der Waals surface area contributed by atoms with Gasteiger partial charge in [0.15, 0.2) is 0 Å². The van der Waals surface area contributed by atoms with Gasteiger partial charge in [0.05, 0.1) is 13.5 Å². The minimum absolute atomic E-state index is 0.151. The van der Waals surface area contributed by atoms with Crippen LogP contribution in [0.15, 0.2) is 12.1 Å². The molecule has 0 radical (unpaired) electrons. The van der Waals surface area contributed by atoms with Crippen LogP contribution in [0.1, 0.15) is 47.9 Å². The van der Waals surface area contributed by atoms with Gasteiger partial charge in [-0.1, -0.05) is 19.1 Å². The quantitative estimate of drug-likeness (QED) is 0.745. The molecule has 0 aromatic heterocycles. The van der Waals surface area contributed by atoms with E-state index in [0.717, 1.165) is 17.9 Å². The predicted octanol–water partition coefficient (Wildman–Crippen LogP) is 3.15. The Bertz CT molecular complexity index is 431. The Morgan fingerprint density at radius 2 is 2.12 bits per heavy atom. The summed E-state index contributed by atoms with van der Waals surface area (Å²) in [4.78, 5) is 11.4. The van der Waals surface area contributed by atoms with E-state index in [0.29, 0.717) is 6.42 Å². The summed E-state index contributed by atoms with van der Waals surface area (Å²) < 4.78 is 4.76. The van der Waals surface area contributed by atoms with Crippen LogP contribution in [0.3, 0.4) is 0 Å². The minimum Gasteiger partial charge on any atom is -0.469 e. The Kier molecular flexibility index (Phi) is 3.51. The number of esters is 1. The van der Waals surface area contributed by atoms with Gasteiger partial charge in [0.2, 0.25) is 0 Å². The van der Waals surface area contributed by atoms with Crippen LogP contribution in [-0.2, 0) is 22.4 Å². The second-order valence-electron chi connectivity index (χ2n) is 4.86. The lowest BCUT2D eigenvalue weighted by Gasteiger charge is -2.13. The van der Waals surface area contributed by atoms with Gasteiger partial charge >= 0.3 is 5.97 Å². The van der Waals surface area contributed by atoms with E-state index in [9.17, 15) is 4.79 Å². The molecule has 2 rings (SSSR count). The minimum atomic E-state index is -0.151. The highest BCUT2D eigenvalue weighted by atomic mass is 16.5. The molecule has 1 aliphatic carbocycles. The summed E-state index contributed by atoms with van der Waals surface area (Å²) in [5.41, 5.74) is 5.14. The first-order valence-electron chi connectivity index (χ1n) is 6.34. The Morgan fingerprint density at radius 1 is 1.41 bits per heavy atom. The molecular weight excluding hydrogens is 212 g/mol. The van der Waals surface area contributed by atoms with Crippen LogP contribution in [0.4, 0.5) is 0 Å². The van der Waals surface area contributed by atoms with Gasteiger partial charge in [-0.3, -0.25) is 4.79 Å². The molecule has 0 N–H and O–H groups in total. The Hall–Kier alpha value is -1.31. The van der Waals surface area contributed by atoms with Crippen molar-refractivity contribution in [1.82, 2.24) is 0 Å².